The number of aromatic nitrogens is 4. The van der Waals surface area contributed by atoms with Gasteiger partial charge in [-0.3, -0.25) is 14.9 Å². The zero-order valence-electron chi connectivity index (χ0n) is 36.6. The summed E-state index contributed by atoms with van der Waals surface area (Å²) in [6, 6.07) is 21.6. The molecule has 0 spiro atoms. The highest BCUT2D eigenvalue weighted by atomic mass is 16.6. The van der Waals surface area contributed by atoms with Crippen molar-refractivity contribution in [2.24, 2.45) is 11.8 Å². The number of amides is 3. The van der Waals surface area contributed by atoms with E-state index in [0.29, 0.717) is 44.1 Å². The predicted octanol–water partition coefficient (Wildman–Crippen LogP) is 6.50. The first-order valence-electron chi connectivity index (χ1n) is 21.8. The van der Waals surface area contributed by atoms with Crippen LogP contribution in [0.2, 0.25) is 0 Å². The number of likely N-dealkylation sites (tertiary alicyclic amines) is 2. The largest absolute Gasteiger partial charge is 0.488 e. The van der Waals surface area contributed by atoms with Crippen molar-refractivity contribution in [3.8, 4) is 28.1 Å². The van der Waals surface area contributed by atoms with Crippen LogP contribution in [0.15, 0.2) is 79.0 Å². The molecular weight excluding hydrogens is 817 g/mol. The van der Waals surface area contributed by atoms with Crippen molar-refractivity contribution in [2.45, 2.75) is 70.3 Å². The molecule has 0 bridgehead atoms. The van der Waals surface area contributed by atoms with E-state index in [1.807, 2.05) is 55.1 Å². The third kappa shape index (κ3) is 8.17. The minimum absolute atomic E-state index is 0.0695. The maximum absolute atomic E-state index is 14.3. The molecule has 2 fully saturated rings. The summed E-state index contributed by atoms with van der Waals surface area (Å²) in [6.07, 6.45) is 2.12. The van der Waals surface area contributed by atoms with Crippen LogP contribution in [0.4, 0.5) is 4.79 Å². The van der Waals surface area contributed by atoms with E-state index in [0.717, 1.165) is 74.2 Å². The summed E-state index contributed by atoms with van der Waals surface area (Å²) in [5, 5.41) is 17.8. The summed E-state index contributed by atoms with van der Waals surface area (Å²) in [7, 11) is 4.32. The van der Waals surface area contributed by atoms with Crippen molar-refractivity contribution in [1.82, 2.24) is 40.4 Å². The highest BCUT2D eigenvalue weighted by Gasteiger charge is 2.42. The number of benzene rings is 4. The number of H-pyrrole nitrogens is 2. The Bertz CT molecular complexity index is 2680. The maximum atomic E-state index is 14.3. The topological polar surface area (TPSA) is 196 Å². The normalized spacial score (nSPS) is 19.6. The van der Waals surface area contributed by atoms with Gasteiger partial charge in [-0.25, -0.2) is 14.8 Å². The van der Waals surface area contributed by atoms with Gasteiger partial charge in [0, 0.05) is 44.2 Å². The SMILES string of the molecule is COC[C@H]1C[C@@H](c2ncc(-c3ccc4c(c3)COc3cc5c(ccc6nc([C@@H]7CCCN7C(=O)[C@@H](NC(O)OC)C(C)C)[nH]c65)cc3-4)[nH]2)N(C(=O)[C@H](NC(=O)OC)c2ccccc2)C1. The van der Waals surface area contributed by atoms with Crippen molar-refractivity contribution in [3.05, 3.63) is 102 Å². The lowest BCUT2D eigenvalue weighted by Gasteiger charge is -2.31. The smallest absolute Gasteiger partial charge is 0.407 e. The first-order chi connectivity index (χ1) is 31.0. The molecule has 4 aromatic carbocycles. The van der Waals surface area contributed by atoms with Crippen molar-refractivity contribution < 1.29 is 38.4 Å². The fraction of sp³-hybridized carbons (Fsp3) is 0.396. The summed E-state index contributed by atoms with van der Waals surface area (Å²) in [4.78, 5) is 61.1. The number of carbonyl (C=O) groups is 3. The van der Waals surface area contributed by atoms with E-state index in [9.17, 15) is 19.5 Å². The molecule has 16 nitrogen and oxygen atoms in total. The quantitative estimate of drug-likeness (QED) is 0.0796. The van der Waals surface area contributed by atoms with Crippen molar-refractivity contribution >= 4 is 39.7 Å². The minimum atomic E-state index is -1.25. The Morgan fingerprint density at radius 2 is 1.77 bits per heavy atom. The number of hydrogen-bond donors (Lipinski definition) is 5. The number of imidazole rings is 2. The van der Waals surface area contributed by atoms with Crippen LogP contribution < -0.4 is 15.4 Å². The van der Waals surface area contributed by atoms with E-state index in [2.05, 4.69) is 57.0 Å². The molecule has 334 valence electrons. The number of aliphatic hydroxyl groups is 1. The zero-order valence-corrected chi connectivity index (χ0v) is 36.6. The van der Waals surface area contributed by atoms with Crippen LogP contribution in [-0.4, -0.2) is 106 Å². The van der Waals surface area contributed by atoms with Gasteiger partial charge in [0.15, 0.2) is 0 Å². The molecular formula is C48H54N8O8. The molecule has 9 rings (SSSR count). The molecule has 0 aliphatic carbocycles. The number of rotatable bonds is 13. The van der Waals surface area contributed by atoms with Crippen LogP contribution >= 0.6 is 0 Å². The van der Waals surface area contributed by atoms with E-state index in [1.54, 1.807) is 18.2 Å². The van der Waals surface area contributed by atoms with Crippen molar-refractivity contribution in [3.63, 3.8) is 0 Å². The van der Waals surface area contributed by atoms with E-state index < -0.39 is 24.6 Å². The monoisotopic (exact) mass is 870 g/mol. The van der Waals surface area contributed by atoms with Gasteiger partial charge in [-0.15, -0.1) is 0 Å². The Labute approximate surface area is 370 Å². The average molecular weight is 871 g/mol. The van der Waals surface area contributed by atoms with Gasteiger partial charge >= 0.3 is 6.09 Å². The van der Waals surface area contributed by atoms with E-state index in [4.69, 9.17) is 28.9 Å². The van der Waals surface area contributed by atoms with Gasteiger partial charge in [-0.05, 0) is 77.1 Å². The van der Waals surface area contributed by atoms with Crippen molar-refractivity contribution in [2.75, 3.05) is 41.0 Å². The molecule has 0 saturated carbocycles. The lowest BCUT2D eigenvalue weighted by molar-refractivity contribution is -0.145. The molecule has 2 saturated heterocycles. The highest BCUT2D eigenvalue weighted by Crippen LogP contribution is 2.44. The molecule has 6 aromatic rings. The zero-order chi connectivity index (χ0) is 44.6. The summed E-state index contributed by atoms with van der Waals surface area (Å²) >= 11 is 0. The molecule has 2 aromatic heterocycles. The number of nitrogens with zero attached hydrogens (tertiary/aromatic N) is 4. The molecule has 6 atom stereocenters. The molecule has 16 heteroatoms. The fourth-order valence-electron chi connectivity index (χ4n) is 9.61. The van der Waals surface area contributed by atoms with Crippen LogP contribution in [0.5, 0.6) is 5.75 Å². The van der Waals surface area contributed by atoms with E-state index in [1.165, 1.54) is 14.2 Å². The Morgan fingerprint density at radius 1 is 0.938 bits per heavy atom. The average Bonchev–Trinajstić information content (AvgIpc) is 4.15. The van der Waals surface area contributed by atoms with Crippen LogP contribution in [0.25, 0.3) is 44.2 Å². The minimum Gasteiger partial charge on any atom is -0.488 e. The lowest BCUT2D eigenvalue weighted by atomic mass is 9.92. The molecule has 5 heterocycles. The van der Waals surface area contributed by atoms with Gasteiger partial charge in [-0.1, -0.05) is 62.4 Å². The van der Waals surface area contributed by atoms with Crippen molar-refractivity contribution in [1.29, 1.82) is 0 Å². The Kier molecular flexibility index (Phi) is 12.1. The molecule has 3 aliphatic heterocycles. The Balaban J connectivity index is 0.967. The van der Waals surface area contributed by atoms with Gasteiger partial charge in [0.1, 0.15) is 30.0 Å². The summed E-state index contributed by atoms with van der Waals surface area (Å²) < 4.78 is 21.9. The van der Waals surface area contributed by atoms with E-state index in [-0.39, 0.29) is 35.7 Å². The predicted molar refractivity (Wildman–Crippen MR) is 239 cm³/mol. The van der Waals surface area contributed by atoms with Gasteiger partial charge in [-0.2, -0.15) is 0 Å². The fourth-order valence-corrected chi connectivity index (χ4v) is 9.61. The number of ether oxygens (including phenoxy) is 4. The Morgan fingerprint density at radius 3 is 2.53 bits per heavy atom. The number of aliphatic hydroxyl groups excluding tert-OH is 1. The summed E-state index contributed by atoms with van der Waals surface area (Å²) in [5.41, 5.74) is 7.17. The van der Waals surface area contributed by atoms with Gasteiger partial charge in [0.05, 0.1) is 54.8 Å². The first-order valence-corrected chi connectivity index (χ1v) is 21.8. The van der Waals surface area contributed by atoms with Gasteiger partial charge < -0.3 is 49.1 Å². The number of fused-ring (bicyclic) bond motifs is 6. The second-order valence-electron chi connectivity index (χ2n) is 17.2. The third-order valence-electron chi connectivity index (χ3n) is 12.8. The highest BCUT2D eigenvalue weighted by molar-refractivity contribution is 6.07. The number of carbonyl (C=O) groups excluding carboxylic acids is 3. The first kappa shape index (κ1) is 42.9. The maximum Gasteiger partial charge on any atom is 0.407 e. The van der Waals surface area contributed by atoms with Gasteiger partial charge in [0.2, 0.25) is 12.3 Å². The number of alkyl carbamates (subject to hydrolysis) is 1. The molecule has 3 amide bonds. The lowest BCUT2D eigenvalue weighted by Crippen LogP contribution is -2.52. The van der Waals surface area contributed by atoms with Gasteiger partial charge in [0.25, 0.3) is 5.91 Å². The standard InChI is InChI=1S/C48H54N8O8/c1-26(2)40(53-47(59)62-4)45(57)55-17-9-12-37(55)44-50-35-16-14-29-20-34-32-15-13-30(19-31(32)25-64-39(34)21-33(29)42(35)52-44)36-22-49-43(51-36)38-18-27(24-61-3)23-56(38)46(58)41(54-48(60)63-5)28-10-7-6-8-11-28/h6-8,10-11,13-16,19-22,26-27,37-38,40-41,47,53,59H,9,12,17-18,23-25H2,1-5H3,(H,49,51)(H,50,52)(H,54,60)/t27-,37-,38-,40-,41+,47?/m0/s1. The second-order valence-corrected chi connectivity index (χ2v) is 17.2. The number of hydrogen-bond acceptors (Lipinski definition) is 11. The van der Waals surface area contributed by atoms with Crippen LogP contribution in [0.1, 0.15) is 74.0 Å². The van der Waals surface area contributed by atoms with Crippen LogP contribution in [0, 0.1) is 11.8 Å². The van der Waals surface area contributed by atoms with Crippen LogP contribution in [0.3, 0.4) is 0 Å². The molecule has 0 radical (unpaired) electrons. The Hall–Kier alpha value is -6.33. The number of aromatic amines is 2. The summed E-state index contributed by atoms with van der Waals surface area (Å²) in [5.74, 6) is 1.80. The number of nitrogens with one attached hydrogen (secondary N) is 4. The summed E-state index contributed by atoms with van der Waals surface area (Å²) in [6.45, 7) is 5.77. The van der Waals surface area contributed by atoms with Crippen LogP contribution in [-0.2, 0) is 30.4 Å². The van der Waals surface area contributed by atoms with E-state index >= 15 is 0 Å². The number of methoxy groups -OCH3 is 3. The molecule has 1 unspecified atom stereocenters. The molecule has 64 heavy (non-hydrogen) atoms. The molecule has 3 aliphatic rings. The second kappa shape index (κ2) is 18.0. The third-order valence-corrected chi connectivity index (χ3v) is 12.8. The molecule has 5 N–H and O–H groups in total.